The number of rotatable bonds is 12. The molecule has 0 aliphatic carbocycles. The normalized spacial score (nSPS) is 34.7. The molecule has 4 saturated heterocycles. The first-order chi connectivity index (χ1) is 23.4. The van der Waals surface area contributed by atoms with Gasteiger partial charge in [-0.25, -0.2) is 4.79 Å². The van der Waals surface area contributed by atoms with E-state index in [2.05, 4.69) is 4.90 Å². The number of carbonyl (C=O) groups excluding carboxylic acids is 1. The molecule has 1 aromatic rings. The van der Waals surface area contributed by atoms with Gasteiger partial charge in [-0.05, 0) is 96.1 Å². The van der Waals surface area contributed by atoms with E-state index in [0.29, 0.717) is 53.8 Å². The van der Waals surface area contributed by atoms with E-state index in [-0.39, 0.29) is 6.61 Å². The van der Waals surface area contributed by atoms with Crippen molar-refractivity contribution in [3.63, 3.8) is 0 Å². The summed E-state index contributed by atoms with van der Waals surface area (Å²) in [6.07, 6.45) is -5.55. The molecule has 1 unspecified atom stereocenters. The van der Waals surface area contributed by atoms with Crippen molar-refractivity contribution in [2.24, 2.45) is 5.92 Å². The average Bonchev–Trinajstić information content (AvgIpc) is 3.70. The smallest absolute Gasteiger partial charge is 0.338 e. The number of esters is 1. The van der Waals surface area contributed by atoms with Crippen molar-refractivity contribution in [1.82, 2.24) is 4.90 Å². The van der Waals surface area contributed by atoms with Crippen LogP contribution < -0.4 is 4.74 Å². The van der Waals surface area contributed by atoms with Crippen LogP contribution in [-0.2, 0) is 31.8 Å². The van der Waals surface area contributed by atoms with Crippen molar-refractivity contribution >= 4 is 5.97 Å². The molecule has 13 heteroatoms. The third-order valence-electron chi connectivity index (χ3n) is 9.92. The second-order valence-corrected chi connectivity index (χ2v) is 14.2. The fourth-order valence-electron chi connectivity index (χ4n) is 7.07. The maximum atomic E-state index is 13.6. The van der Waals surface area contributed by atoms with Crippen molar-refractivity contribution in [2.45, 2.75) is 121 Å². The number of nitrogens with zero attached hydrogens (tertiary/aromatic N) is 1. The fraction of sp³-hybridized carbons (Fsp3) is 0.694. The highest BCUT2D eigenvalue weighted by Gasteiger charge is 2.49. The summed E-state index contributed by atoms with van der Waals surface area (Å²) in [6, 6.07) is 3.94. The van der Waals surface area contributed by atoms with Gasteiger partial charge >= 0.3 is 5.97 Å². The Bertz CT molecular complexity index is 1300. The minimum atomic E-state index is -1.75. The van der Waals surface area contributed by atoms with Crippen LogP contribution in [0.25, 0.3) is 0 Å². The lowest BCUT2D eigenvalue weighted by molar-refractivity contribution is -0.348. The van der Waals surface area contributed by atoms with E-state index in [1.165, 1.54) is 6.42 Å². The van der Waals surface area contributed by atoms with E-state index < -0.39 is 67.9 Å². The van der Waals surface area contributed by atoms with Gasteiger partial charge in [0.2, 0.25) is 6.29 Å². The van der Waals surface area contributed by atoms with Crippen LogP contribution in [0.1, 0.15) is 68.4 Å². The number of allylic oxidation sites excluding steroid dienone is 4. The van der Waals surface area contributed by atoms with E-state index in [1.54, 1.807) is 12.1 Å². The SMILES string of the molecule is CC(C)=CCc1cc(C(=O)OC[C@H]2CCN3CCCC23)cc(CC=C(C)C)c1O[C@@H]1OC[C@H](O)[C@H](O)[C@H]1O[C@@H]1O[C@H](CO)[C@@H](O)[C@H](O)[C@H]1O. The minimum Gasteiger partial charge on any atom is -0.462 e. The zero-order valence-electron chi connectivity index (χ0n) is 28.8. The third kappa shape index (κ3) is 8.90. The van der Waals surface area contributed by atoms with Crippen LogP contribution in [0.3, 0.4) is 0 Å². The number of ether oxygens (including phenoxy) is 5. The summed E-state index contributed by atoms with van der Waals surface area (Å²) < 4.78 is 29.6. The number of aliphatic hydroxyl groups is 6. The Hall–Kier alpha value is -2.43. The van der Waals surface area contributed by atoms with Gasteiger partial charge < -0.3 is 54.3 Å². The first-order valence-corrected chi connectivity index (χ1v) is 17.3. The predicted octanol–water partition coefficient (Wildman–Crippen LogP) is 0.987. The number of benzene rings is 1. The predicted molar refractivity (Wildman–Crippen MR) is 177 cm³/mol. The number of aliphatic hydroxyl groups excluding tert-OH is 6. The summed E-state index contributed by atoms with van der Waals surface area (Å²) in [6.45, 7) is 9.38. The molecule has 0 saturated carbocycles. The van der Waals surface area contributed by atoms with E-state index in [9.17, 15) is 35.4 Å². The van der Waals surface area contributed by atoms with Crippen LogP contribution >= 0.6 is 0 Å². The summed E-state index contributed by atoms with van der Waals surface area (Å²) in [5.74, 6) is 0.284. The summed E-state index contributed by atoms with van der Waals surface area (Å²) in [5, 5.41) is 62.3. The monoisotopic (exact) mass is 691 g/mol. The minimum absolute atomic E-state index is 0.295. The van der Waals surface area contributed by atoms with Crippen molar-refractivity contribution in [2.75, 3.05) is 32.9 Å². The van der Waals surface area contributed by atoms with Gasteiger partial charge in [-0.3, -0.25) is 4.90 Å². The van der Waals surface area contributed by atoms with Crippen molar-refractivity contribution in [3.8, 4) is 5.75 Å². The van der Waals surface area contributed by atoms with E-state index in [4.69, 9.17) is 23.7 Å². The van der Waals surface area contributed by atoms with E-state index in [0.717, 1.165) is 37.1 Å². The molecule has 1 aromatic carbocycles. The average molecular weight is 692 g/mol. The van der Waals surface area contributed by atoms with Crippen molar-refractivity contribution < 1.29 is 59.1 Å². The lowest BCUT2D eigenvalue weighted by atomic mass is 9.97. The Kier molecular flexibility index (Phi) is 12.9. The zero-order valence-corrected chi connectivity index (χ0v) is 28.8. The molecule has 6 N–H and O–H groups in total. The topological polar surface area (TPSA) is 188 Å². The van der Waals surface area contributed by atoms with Gasteiger partial charge in [0.05, 0.1) is 25.4 Å². The van der Waals surface area contributed by atoms with Crippen LogP contribution in [-0.4, -0.2) is 136 Å². The van der Waals surface area contributed by atoms with Gasteiger partial charge in [-0.15, -0.1) is 0 Å². The molecule has 4 fully saturated rings. The molecule has 0 spiro atoms. The van der Waals surface area contributed by atoms with E-state index >= 15 is 0 Å². The molecule has 49 heavy (non-hydrogen) atoms. The maximum Gasteiger partial charge on any atom is 0.338 e. The number of fused-ring (bicyclic) bond motifs is 1. The summed E-state index contributed by atoms with van der Waals surface area (Å²) in [5.41, 5.74) is 3.79. The summed E-state index contributed by atoms with van der Waals surface area (Å²) >= 11 is 0. The van der Waals surface area contributed by atoms with Gasteiger partial charge in [0, 0.05) is 12.0 Å². The standard InChI is InChI=1S/C36H53NO12/c1-19(2)7-9-21-14-24(34(44)45-17-23-11-13-37-12-5-6-25(23)37)15-22(10-8-20(3)4)32(21)48-36-33(28(40)26(39)18-46-36)49-35-31(43)30(42)29(41)27(16-38)47-35/h7-8,14-15,23,25-31,33,35-36,38-43H,5-6,9-13,16-18H2,1-4H3/t23-,25?,26+,27-,28+,29-,30+,31-,33-,35+,36+/m1/s1. The molecule has 0 aromatic heterocycles. The fourth-order valence-corrected chi connectivity index (χ4v) is 7.07. The van der Waals surface area contributed by atoms with Crippen LogP contribution in [0, 0.1) is 5.92 Å². The molecule has 4 aliphatic heterocycles. The number of hydrogen-bond donors (Lipinski definition) is 6. The summed E-state index contributed by atoms with van der Waals surface area (Å²) in [4.78, 5) is 16.0. The molecule has 274 valence electrons. The first-order valence-electron chi connectivity index (χ1n) is 17.3. The number of hydrogen-bond acceptors (Lipinski definition) is 13. The van der Waals surface area contributed by atoms with Gasteiger partial charge in [-0.2, -0.15) is 0 Å². The van der Waals surface area contributed by atoms with Crippen LogP contribution in [0.5, 0.6) is 5.75 Å². The van der Waals surface area contributed by atoms with Gasteiger partial charge in [0.25, 0.3) is 0 Å². The highest BCUT2D eigenvalue weighted by atomic mass is 16.8. The highest BCUT2D eigenvalue weighted by molar-refractivity contribution is 5.90. The molecular formula is C36H53NO12. The second-order valence-electron chi connectivity index (χ2n) is 14.2. The lowest BCUT2D eigenvalue weighted by Crippen LogP contribution is -2.63. The molecule has 0 bridgehead atoms. The highest BCUT2D eigenvalue weighted by Crippen LogP contribution is 2.35. The molecule has 4 heterocycles. The first kappa shape index (κ1) is 37.8. The molecule has 5 rings (SSSR count). The molecule has 4 aliphatic rings. The van der Waals surface area contributed by atoms with Crippen LogP contribution in [0.15, 0.2) is 35.4 Å². The Balaban J connectivity index is 1.44. The van der Waals surface area contributed by atoms with Crippen LogP contribution in [0.2, 0.25) is 0 Å². The Labute approximate surface area is 287 Å². The van der Waals surface area contributed by atoms with Crippen molar-refractivity contribution in [1.29, 1.82) is 0 Å². The Morgan fingerprint density at radius 1 is 0.898 bits per heavy atom. The molecule has 0 amide bonds. The quantitative estimate of drug-likeness (QED) is 0.135. The van der Waals surface area contributed by atoms with Gasteiger partial charge in [0.1, 0.15) is 42.4 Å². The second kappa shape index (κ2) is 16.7. The molecule has 11 atom stereocenters. The Morgan fingerprint density at radius 3 is 2.20 bits per heavy atom. The molecule has 13 nitrogen and oxygen atoms in total. The molecule has 0 radical (unpaired) electrons. The van der Waals surface area contributed by atoms with E-state index in [1.807, 2.05) is 39.8 Å². The van der Waals surface area contributed by atoms with Crippen LogP contribution in [0.4, 0.5) is 0 Å². The summed E-state index contributed by atoms with van der Waals surface area (Å²) in [7, 11) is 0. The third-order valence-corrected chi connectivity index (χ3v) is 9.92. The number of carbonyl (C=O) groups is 1. The zero-order chi connectivity index (χ0) is 35.4. The van der Waals surface area contributed by atoms with Gasteiger partial charge in [0.15, 0.2) is 12.4 Å². The van der Waals surface area contributed by atoms with Gasteiger partial charge in [-0.1, -0.05) is 23.3 Å². The van der Waals surface area contributed by atoms with Crippen molar-refractivity contribution in [3.05, 3.63) is 52.1 Å². The maximum absolute atomic E-state index is 13.6. The largest absolute Gasteiger partial charge is 0.462 e. The Morgan fingerprint density at radius 2 is 1.57 bits per heavy atom. The molecular weight excluding hydrogens is 638 g/mol. The lowest BCUT2D eigenvalue weighted by Gasteiger charge is -2.44.